The minimum atomic E-state index is -0.417. The van der Waals surface area contributed by atoms with E-state index in [0.717, 1.165) is 0 Å². The molecule has 1 heterocycles. The molecule has 1 aromatic rings. The molecule has 0 aliphatic heterocycles. The van der Waals surface area contributed by atoms with Gasteiger partial charge in [-0.25, -0.2) is 4.68 Å². The van der Waals surface area contributed by atoms with Crippen molar-refractivity contribution in [2.24, 2.45) is 7.05 Å². The molecule has 0 bridgehead atoms. The summed E-state index contributed by atoms with van der Waals surface area (Å²) in [4.78, 5) is 0. The molecule has 0 aromatic carbocycles. The van der Waals surface area contributed by atoms with Crippen molar-refractivity contribution in [2.75, 3.05) is 0 Å². The summed E-state index contributed by atoms with van der Waals surface area (Å²) >= 11 is 0. The fraction of sp³-hybridized carbons (Fsp3) is 0.833. The lowest BCUT2D eigenvalue weighted by Crippen LogP contribution is -2.15. The average Bonchev–Trinajstić information content (AvgIpc) is 2.33. The zero-order chi connectivity index (χ0) is 8.43. The number of aliphatic hydroxyl groups is 1. The normalized spacial score (nSPS) is 16.4. The summed E-state index contributed by atoms with van der Waals surface area (Å²) in [5, 5.41) is 20.1. The summed E-state index contributed by atoms with van der Waals surface area (Å²) in [5.74, 6) is 0.690. The zero-order valence-corrected chi connectivity index (χ0v) is 6.89. The topological polar surface area (TPSA) is 63.8 Å². The van der Waals surface area contributed by atoms with E-state index in [2.05, 4.69) is 15.5 Å². The number of aromatic nitrogens is 4. The Balaban J connectivity index is 2.84. The fourth-order valence-corrected chi connectivity index (χ4v) is 0.838. The number of tetrazole rings is 1. The monoisotopic (exact) mass is 156 g/mol. The second-order valence-electron chi connectivity index (χ2n) is 2.69. The number of aryl methyl sites for hydroxylation is 1. The lowest BCUT2D eigenvalue weighted by atomic mass is 10.1. The van der Waals surface area contributed by atoms with Crippen molar-refractivity contribution in [1.29, 1.82) is 0 Å². The van der Waals surface area contributed by atoms with Crippen LogP contribution in [0.3, 0.4) is 0 Å². The van der Waals surface area contributed by atoms with Crippen LogP contribution >= 0.6 is 0 Å². The Kier molecular flexibility index (Phi) is 2.19. The molecule has 5 heteroatoms. The van der Waals surface area contributed by atoms with Gasteiger partial charge in [-0.3, -0.25) is 0 Å². The first-order chi connectivity index (χ1) is 5.13. The second kappa shape index (κ2) is 2.96. The maximum absolute atomic E-state index is 9.21. The Bertz CT molecular complexity index is 232. The van der Waals surface area contributed by atoms with Gasteiger partial charge in [0.25, 0.3) is 0 Å². The van der Waals surface area contributed by atoms with Crippen LogP contribution in [-0.2, 0) is 7.05 Å². The van der Waals surface area contributed by atoms with Crippen molar-refractivity contribution in [3.63, 3.8) is 0 Å². The van der Waals surface area contributed by atoms with Crippen LogP contribution in [0.4, 0.5) is 0 Å². The fourth-order valence-electron chi connectivity index (χ4n) is 0.838. The largest absolute Gasteiger partial charge is 0.393 e. The number of aliphatic hydroxyl groups excluding tert-OH is 1. The molecule has 0 aliphatic carbocycles. The lowest BCUT2D eigenvalue weighted by molar-refractivity contribution is 0.163. The van der Waals surface area contributed by atoms with Crippen molar-refractivity contribution in [2.45, 2.75) is 25.9 Å². The van der Waals surface area contributed by atoms with E-state index in [0.29, 0.717) is 5.82 Å². The Morgan fingerprint density at radius 3 is 2.45 bits per heavy atom. The Hall–Kier alpha value is -0.970. The van der Waals surface area contributed by atoms with Crippen LogP contribution in [0.1, 0.15) is 25.6 Å². The average molecular weight is 156 g/mol. The molecule has 0 fully saturated rings. The summed E-state index contributed by atoms with van der Waals surface area (Å²) in [6, 6.07) is 0. The van der Waals surface area contributed by atoms with Crippen molar-refractivity contribution in [3.8, 4) is 0 Å². The molecule has 1 aromatic heterocycles. The van der Waals surface area contributed by atoms with Crippen LogP contribution in [0.25, 0.3) is 0 Å². The van der Waals surface area contributed by atoms with Gasteiger partial charge in [0.1, 0.15) is 0 Å². The van der Waals surface area contributed by atoms with E-state index in [-0.39, 0.29) is 5.92 Å². The molecule has 2 atom stereocenters. The molecule has 1 N–H and O–H groups in total. The highest BCUT2D eigenvalue weighted by molar-refractivity contribution is 4.92. The molecular formula is C6H12N4O. The third-order valence-electron chi connectivity index (χ3n) is 1.78. The molecule has 0 aliphatic rings. The number of rotatable bonds is 2. The highest BCUT2D eigenvalue weighted by Crippen LogP contribution is 2.13. The van der Waals surface area contributed by atoms with Gasteiger partial charge in [-0.2, -0.15) is 0 Å². The van der Waals surface area contributed by atoms with Gasteiger partial charge in [-0.1, -0.05) is 6.92 Å². The van der Waals surface area contributed by atoms with Gasteiger partial charge in [-0.15, -0.1) is 5.10 Å². The van der Waals surface area contributed by atoms with Gasteiger partial charge in [0.05, 0.1) is 6.10 Å². The zero-order valence-electron chi connectivity index (χ0n) is 6.89. The molecule has 11 heavy (non-hydrogen) atoms. The van der Waals surface area contributed by atoms with Gasteiger partial charge in [-0.05, 0) is 17.4 Å². The second-order valence-corrected chi connectivity index (χ2v) is 2.69. The van der Waals surface area contributed by atoms with Crippen LogP contribution in [-0.4, -0.2) is 31.4 Å². The van der Waals surface area contributed by atoms with Crippen LogP contribution in [0.2, 0.25) is 0 Å². The van der Waals surface area contributed by atoms with Gasteiger partial charge in [0, 0.05) is 13.0 Å². The standard InChI is InChI=1S/C6H12N4O/c1-4(5(2)11)6-7-8-9-10(6)3/h4-5,11H,1-3H3. The van der Waals surface area contributed by atoms with Gasteiger partial charge in [0.15, 0.2) is 5.82 Å². The first-order valence-electron chi connectivity index (χ1n) is 3.53. The van der Waals surface area contributed by atoms with Gasteiger partial charge in [0.2, 0.25) is 0 Å². The van der Waals surface area contributed by atoms with Crippen molar-refractivity contribution >= 4 is 0 Å². The van der Waals surface area contributed by atoms with E-state index in [1.54, 1.807) is 18.7 Å². The smallest absolute Gasteiger partial charge is 0.156 e. The first-order valence-corrected chi connectivity index (χ1v) is 3.53. The maximum Gasteiger partial charge on any atom is 0.156 e. The Morgan fingerprint density at radius 2 is 2.09 bits per heavy atom. The van der Waals surface area contributed by atoms with E-state index >= 15 is 0 Å². The van der Waals surface area contributed by atoms with Crippen molar-refractivity contribution in [3.05, 3.63) is 5.82 Å². The highest BCUT2D eigenvalue weighted by atomic mass is 16.3. The van der Waals surface area contributed by atoms with Crippen LogP contribution in [0.5, 0.6) is 0 Å². The van der Waals surface area contributed by atoms with Crippen molar-refractivity contribution < 1.29 is 5.11 Å². The minimum Gasteiger partial charge on any atom is -0.393 e. The van der Waals surface area contributed by atoms with Crippen LogP contribution in [0.15, 0.2) is 0 Å². The van der Waals surface area contributed by atoms with E-state index < -0.39 is 6.10 Å². The Morgan fingerprint density at radius 1 is 1.45 bits per heavy atom. The minimum absolute atomic E-state index is 0.0185. The van der Waals surface area contributed by atoms with Gasteiger partial charge >= 0.3 is 0 Å². The molecule has 1 rings (SSSR count). The summed E-state index contributed by atoms with van der Waals surface area (Å²) in [6.07, 6.45) is -0.417. The molecule has 0 spiro atoms. The third kappa shape index (κ3) is 1.54. The maximum atomic E-state index is 9.21. The molecule has 62 valence electrons. The predicted octanol–water partition coefficient (Wildman–Crippen LogP) is -0.306. The molecule has 0 saturated carbocycles. The Labute approximate surface area is 65.0 Å². The predicted molar refractivity (Wildman–Crippen MR) is 38.9 cm³/mol. The quantitative estimate of drug-likeness (QED) is 0.638. The van der Waals surface area contributed by atoms with Crippen LogP contribution in [0, 0.1) is 0 Å². The molecule has 2 unspecified atom stereocenters. The van der Waals surface area contributed by atoms with Crippen molar-refractivity contribution in [1.82, 2.24) is 20.2 Å². The van der Waals surface area contributed by atoms with Crippen LogP contribution < -0.4 is 0 Å². The summed E-state index contributed by atoms with van der Waals surface area (Å²) in [5.41, 5.74) is 0. The summed E-state index contributed by atoms with van der Waals surface area (Å²) < 4.78 is 1.57. The molecule has 0 radical (unpaired) electrons. The molecule has 0 amide bonds. The first kappa shape index (κ1) is 8.13. The number of hydrogen-bond acceptors (Lipinski definition) is 4. The summed E-state index contributed by atoms with van der Waals surface area (Å²) in [6.45, 7) is 3.61. The van der Waals surface area contributed by atoms with E-state index in [9.17, 15) is 5.11 Å². The van der Waals surface area contributed by atoms with E-state index in [1.165, 1.54) is 0 Å². The third-order valence-corrected chi connectivity index (χ3v) is 1.78. The SMILES string of the molecule is CC(O)C(C)c1nnnn1C. The highest BCUT2D eigenvalue weighted by Gasteiger charge is 2.16. The number of hydrogen-bond donors (Lipinski definition) is 1. The van der Waals surface area contributed by atoms with E-state index in [4.69, 9.17) is 0 Å². The van der Waals surface area contributed by atoms with E-state index in [1.807, 2.05) is 6.92 Å². The molecule has 0 saturated heterocycles. The summed E-state index contributed by atoms with van der Waals surface area (Å²) in [7, 11) is 1.76. The number of nitrogens with zero attached hydrogens (tertiary/aromatic N) is 4. The molecular weight excluding hydrogens is 144 g/mol. The molecule has 5 nitrogen and oxygen atoms in total. The lowest BCUT2D eigenvalue weighted by Gasteiger charge is -2.11. The van der Waals surface area contributed by atoms with Gasteiger partial charge < -0.3 is 5.11 Å².